The second-order valence-electron chi connectivity index (χ2n) is 2.97. The van der Waals surface area contributed by atoms with Gasteiger partial charge in [-0.15, -0.1) is 0 Å². The summed E-state index contributed by atoms with van der Waals surface area (Å²) in [4.78, 5) is 36.6. The van der Waals surface area contributed by atoms with Gasteiger partial charge in [-0.25, -0.2) is 9.59 Å². The van der Waals surface area contributed by atoms with Gasteiger partial charge in [0.15, 0.2) is 0 Å². The molecule has 0 bridgehead atoms. The molecule has 0 aromatic heterocycles. The van der Waals surface area contributed by atoms with Crippen molar-refractivity contribution in [1.29, 1.82) is 0 Å². The van der Waals surface area contributed by atoms with Gasteiger partial charge < -0.3 is 5.11 Å². The second-order valence-corrected chi connectivity index (χ2v) is 2.97. The summed E-state index contributed by atoms with van der Waals surface area (Å²) in [6.45, 7) is 0. The number of Topliss-reactive ketones (excluding diaryl/α,β-unsaturated/α-hetero) is 1. The average Bonchev–Trinajstić information content (AvgIpc) is 2.35. The molecular weight excluding hydrogens is 228 g/mol. The van der Waals surface area contributed by atoms with Crippen LogP contribution in [0, 0.1) is 0 Å². The molecule has 0 unspecified atom stereocenters. The fourth-order valence-corrected chi connectivity index (χ4v) is 1.13. The first-order valence-corrected chi connectivity index (χ1v) is 4.46. The zero-order valence-corrected chi connectivity index (χ0v) is 8.49. The van der Waals surface area contributed by atoms with Crippen LogP contribution < -0.4 is 0 Å². The predicted octanol–water partition coefficient (Wildman–Crippen LogP) is 0.897. The standard InChI is InChI=1S/C11H8O6/c12-9(13)6-8(11(15)17-16)10(14)7-4-2-1-3-5-7/h1-6,16H,(H,12,13)/b8-6-. The molecular formula is C11H8O6. The Labute approximate surface area is 95.7 Å². The first kappa shape index (κ1) is 12.6. The van der Waals surface area contributed by atoms with E-state index in [0.29, 0.717) is 6.08 Å². The summed E-state index contributed by atoms with van der Waals surface area (Å²) in [6.07, 6.45) is 0.383. The molecule has 0 spiro atoms. The molecule has 1 aromatic carbocycles. The molecule has 0 saturated carbocycles. The van der Waals surface area contributed by atoms with Crippen LogP contribution in [0.1, 0.15) is 10.4 Å². The fraction of sp³-hybridized carbons (Fsp3) is 0. The number of benzene rings is 1. The van der Waals surface area contributed by atoms with Crippen molar-refractivity contribution in [3.63, 3.8) is 0 Å². The molecule has 6 nitrogen and oxygen atoms in total. The number of carbonyl (C=O) groups is 3. The van der Waals surface area contributed by atoms with E-state index in [1.54, 1.807) is 18.2 Å². The highest BCUT2D eigenvalue weighted by atomic mass is 17.1. The van der Waals surface area contributed by atoms with Crippen LogP contribution >= 0.6 is 0 Å². The lowest BCUT2D eigenvalue weighted by molar-refractivity contribution is -0.228. The van der Waals surface area contributed by atoms with Gasteiger partial charge in [0, 0.05) is 11.6 Å². The molecule has 0 aliphatic rings. The first-order valence-electron chi connectivity index (χ1n) is 4.46. The van der Waals surface area contributed by atoms with Crippen LogP contribution in [0.3, 0.4) is 0 Å². The summed E-state index contributed by atoms with van der Waals surface area (Å²) in [5, 5.41) is 16.7. The zero-order chi connectivity index (χ0) is 12.8. The lowest BCUT2D eigenvalue weighted by Crippen LogP contribution is -2.16. The van der Waals surface area contributed by atoms with Crippen LogP contribution in [0.15, 0.2) is 42.0 Å². The van der Waals surface area contributed by atoms with Gasteiger partial charge >= 0.3 is 11.9 Å². The number of carbonyl (C=O) groups excluding carboxylic acids is 2. The van der Waals surface area contributed by atoms with E-state index in [0.717, 1.165) is 0 Å². The average molecular weight is 236 g/mol. The molecule has 1 aromatic rings. The molecule has 0 fully saturated rings. The Balaban J connectivity index is 3.13. The number of carboxylic acid groups (broad SMARTS) is 1. The highest BCUT2D eigenvalue weighted by molar-refractivity contribution is 6.25. The van der Waals surface area contributed by atoms with E-state index in [4.69, 9.17) is 10.4 Å². The molecule has 1 rings (SSSR count). The third-order valence-corrected chi connectivity index (χ3v) is 1.85. The van der Waals surface area contributed by atoms with Crippen LogP contribution in [0.4, 0.5) is 0 Å². The van der Waals surface area contributed by atoms with E-state index >= 15 is 0 Å². The first-order chi connectivity index (χ1) is 8.06. The summed E-state index contributed by atoms with van der Waals surface area (Å²) in [6, 6.07) is 7.57. The minimum atomic E-state index is -1.49. The van der Waals surface area contributed by atoms with Crippen molar-refractivity contribution < 1.29 is 29.6 Å². The van der Waals surface area contributed by atoms with Crippen LogP contribution in [0.25, 0.3) is 0 Å². The number of aliphatic carboxylic acids is 1. The maximum Gasteiger partial charge on any atom is 0.377 e. The van der Waals surface area contributed by atoms with Gasteiger partial charge in [0.25, 0.3) is 0 Å². The van der Waals surface area contributed by atoms with E-state index in [-0.39, 0.29) is 5.56 Å². The quantitative estimate of drug-likeness (QED) is 0.201. The minimum absolute atomic E-state index is 0.116. The van der Waals surface area contributed by atoms with Crippen LogP contribution in [0.5, 0.6) is 0 Å². The maximum absolute atomic E-state index is 11.7. The normalized spacial score (nSPS) is 10.8. The lowest BCUT2D eigenvalue weighted by atomic mass is 10.0. The van der Waals surface area contributed by atoms with E-state index in [9.17, 15) is 14.4 Å². The summed E-state index contributed by atoms with van der Waals surface area (Å²) >= 11 is 0. The number of hydrogen-bond acceptors (Lipinski definition) is 5. The number of carboxylic acids is 1. The molecule has 2 N–H and O–H groups in total. The van der Waals surface area contributed by atoms with Crippen molar-refractivity contribution in [3.05, 3.63) is 47.5 Å². The van der Waals surface area contributed by atoms with E-state index in [1.165, 1.54) is 12.1 Å². The fourth-order valence-electron chi connectivity index (χ4n) is 1.13. The SMILES string of the molecule is O=C(O)/C=C(\C(=O)OO)C(=O)c1ccccc1. The summed E-state index contributed by atoms with van der Waals surface area (Å²) < 4.78 is 0. The highest BCUT2D eigenvalue weighted by Gasteiger charge is 2.22. The number of rotatable bonds is 4. The summed E-state index contributed by atoms with van der Waals surface area (Å²) in [5.41, 5.74) is -0.642. The molecule has 6 heteroatoms. The van der Waals surface area contributed by atoms with E-state index in [2.05, 4.69) is 4.89 Å². The molecule has 0 radical (unpaired) electrons. The molecule has 0 aliphatic carbocycles. The van der Waals surface area contributed by atoms with Gasteiger partial charge in [-0.3, -0.25) is 9.68 Å². The maximum atomic E-state index is 11.7. The zero-order valence-electron chi connectivity index (χ0n) is 8.49. The van der Waals surface area contributed by atoms with Gasteiger partial charge in [0.2, 0.25) is 5.78 Å². The Hall–Kier alpha value is -2.47. The minimum Gasteiger partial charge on any atom is -0.478 e. The van der Waals surface area contributed by atoms with Gasteiger partial charge in [0.05, 0.1) is 0 Å². The molecule has 0 heterocycles. The largest absolute Gasteiger partial charge is 0.478 e. The van der Waals surface area contributed by atoms with E-state index in [1.807, 2.05) is 0 Å². The van der Waals surface area contributed by atoms with Crippen molar-refractivity contribution in [2.24, 2.45) is 0 Å². The van der Waals surface area contributed by atoms with Crippen molar-refractivity contribution in [2.75, 3.05) is 0 Å². The van der Waals surface area contributed by atoms with Gasteiger partial charge in [-0.05, 0) is 0 Å². The summed E-state index contributed by atoms with van der Waals surface area (Å²) in [5.74, 6) is -3.75. The highest BCUT2D eigenvalue weighted by Crippen LogP contribution is 2.09. The Bertz CT molecular complexity index is 474. The summed E-state index contributed by atoms with van der Waals surface area (Å²) in [7, 11) is 0. The van der Waals surface area contributed by atoms with Gasteiger partial charge in [0.1, 0.15) is 5.57 Å². The Morgan fingerprint density at radius 3 is 2.18 bits per heavy atom. The lowest BCUT2D eigenvalue weighted by Gasteiger charge is -2.02. The molecule has 0 saturated heterocycles. The Morgan fingerprint density at radius 2 is 1.71 bits per heavy atom. The van der Waals surface area contributed by atoms with Crippen LogP contribution in [-0.2, 0) is 14.5 Å². The molecule has 17 heavy (non-hydrogen) atoms. The Kier molecular flexibility index (Phi) is 4.13. The number of ketones is 1. The third kappa shape index (κ3) is 3.25. The van der Waals surface area contributed by atoms with Crippen LogP contribution in [0.2, 0.25) is 0 Å². The number of hydrogen-bond donors (Lipinski definition) is 2. The van der Waals surface area contributed by atoms with Crippen LogP contribution in [-0.4, -0.2) is 28.1 Å². The smallest absolute Gasteiger partial charge is 0.377 e. The van der Waals surface area contributed by atoms with Crippen molar-refractivity contribution in [1.82, 2.24) is 0 Å². The van der Waals surface area contributed by atoms with Crippen molar-refractivity contribution in [3.8, 4) is 0 Å². The monoisotopic (exact) mass is 236 g/mol. The second kappa shape index (κ2) is 5.57. The van der Waals surface area contributed by atoms with Gasteiger partial charge in [-0.1, -0.05) is 30.3 Å². The van der Waals surface area contributed by atoms with Crippen molar-refractivity contribution >= 4 is 17.7 Å². The molecule has 0 amide bonds. The third-order valence-electron chi connectivity index (χ3n) is 1.85. The predicted molar refractivity (Wildman–Crippen MR) is 55.2 cm³/mol. The van der Waals surface area contributed by atoms with Gasteiger partial charge in [-0.2, -0.15) is 5.26 Å². The molecule has 88 valence electrons. The topological polar surface area (TPSA) is 101 Å². The van der Waals surface area contributed by atoms with Crippen molar-refractivity contribution in [2.45, 2.75) is 0 Å². The molecule has 0 aliphatic heterocycles. The Morgan fingerprint density at radius 1 is 1.12 bits per heavy atom. The van der Waals surface area contributed by atoms with E-state index < -0.39 is 23.3 Å². The molecule has 0 atom stereocenters.